The molecule has 0 bridgehead atoms. The van der Waals surface area contributed by atoms with Crippen LogP contribution in [0.1, 0.15) is 39.2 Å². The van der Waals surface area contributed by atoms with Crippen molar-refractivity contribution in [1.82, 2.24) is 5.32 Å². The third kappa shape index (κ3) is 1.90. The van der Waals surface area contributed by atoms with Crippen molar-refractivity contribution < 1.29 is 9.59 Å². The van der Waals surface area contributed by atoms with Crippen LogP contribution in [0.25, 0.3) is 0 Å². The molecule has 5 heteroatoms. The standard InChI is InChI=1S/C19H23N3O2/c1-10(2)12-9-8-11(3)15-16(12)21-18(24)22-19(15)13-6-4-5-7-14(13)20-17(19)23/h4-7,10-12,15H,8-9H2,1-3H3,(H,20,23)(H,22,24). The number of aliphatic imine (C=N–C) groups is 1. The molecule has 0 radical (unpaired) electrons. The minimum Gasteiger partial charge on any atom is -0.323 e. The molecule has 126 valence electrons. The molecular weight excluding hydrogens is 302 g/mol. The number of anilines is 1. The molecule has 1 fully saturated rings. The van der Waals surface area contributed by atoms with Crippen molar-refractivity contribution in [1.29, 1.82) is 0 Å². The molecule has 0 aromatic heterocycles. The number of amides is 3. The van der Waals surface area contributed by atoms with Crippen LogP contribution in [0, 0.1) is 23.7 Å². The van der Waals surface area contributed by atoms with Crippen molar-refractivity contribution in [3.05, 3.63) is 29.8 Å². The van der Waals surface area contributed by atoms with Gasteiger partial charge in [0.1, 0.15) is 0 Å². The van der Waals surface area contributed by atoms with Gasteiger partial charge in [-0.05, 0) is 30.7 Å². The van der Waals surface area contributed by atoms with Gasteiger partial charge in [0.05, 0.1) is 0 Å². The minimum absolute atomic E-state index is 0.0833. The van der Waals surface area contributed by atoms with Gasteiger partial charge in [-0.15, -0.1) is 0 Å². The summed E-state index contributed by atoms with van der Waals surface area (Å²) in [4.78, 5) is 29.9. The molecule has 1 spiro atoms. The number of hydrogen-bond donors (Lipinski definition) is 2. The van der Waals surface area contributed by atoms with E-state index < -0.39 is 11.6 Å². The Morgan fingerprint density at radius 3 is 2.71 bits per heavy atom. The number of carbonyl (C=O) groups is 2. The highest BCUT2D eigenvalue weighted by molar-refractivity contribution is 6.15. The van der Waals surface area contributed by atoms with Crippen LogP contribution in [0.2, 0.25) is 0 Å². The first kappa shape index (κ1) is 15.4. The SMILES string of the molecule is CC(C)C1CCC(C)C2C1=NC(=O)NC21C(=O)Nc2ccccc21. The Kier molecular flexibility index (Phi) is 3.31. The number of rotatable bonds is 1. The molecule has 1 aromatic carbocycles. The number of para-hydroxylation sites is 1. The molecule has 3 aliphatic rings. The highest BCUT2D eigenvalue weighted by atomic mass is 16.2. The van der Waals surface area contributed by atoms with Gasteiger partial charge in [-0.2, -0.15) is 0 Å². The van der Waals surface area contributed by atoms with Crippen LogP contribution in [0.15, 0.2) is 29.3 Å². The lowest BCUT2D eigenvalue weighted by molar-refractivity contribution is -0.123. The first-order valence-corrected chi connectivity index (χ1v) is 8.76. The second-order valence-electron chi connectivity index (χ2n) is 7.66. The first-order chi connectivity index (χ1) is 11.4. The molecule has 5 nitrogen and oxygen atoms in total. The van der Waals surface area contributed by atoms with Gasteiger partial charge >= 0.3 is 6.03 Å². The normalized spacial score (nSPS) is 34.5. The van der Waals surface area contributed by atoms with E-state index >= 15 is 0 Å². The maximum Gasteiger partial charge on any atom is 0.342 e. The van der Waals surface area contributed by atoms with E-state index in [1.807, 2.05) is 24.3 Å². The molecule has 0 saturated heterocycles. The van der Waals surface area contributed by atoms with Crippen molar-refractivity contribution in [3.8, 4) is 0 Å². The zero-order valence-corrected chi connectivity index (χ0v) is 14.3. The van der Waals surface area contributed by atoms with Crippen molar-refractivity contribution in [2.24, 2.45) is 28.7 Å². The topological polar surface area (TPSA) is 70.6 Å². The highest BCUT2D eigenvalue weighted by Crippen LogP contribution is 2.50. The Balaban J connectivity index is 1.93. The van der Waals surface area contributed by atoms with Crippen molar-refractivity contribution in [3.63, 3.8) is 0 Å². The summed E-state index contributed by atoms with van der Waals surface area (Å²) in [6.07, 6.45) is 2.07. The number of nitrogens with zero attached hydrogens (tertiary/aromatic N) is 1. The fourth-order valence-electron chi connectivity index (χ4n) is 4.86. The number of fused-ring (bicyclic) bond motifs is 4. The maximum absolute atomic E-state index is 13.0. The largest absolute Gasteiger partial charge is 0.342 e. The van der Waals surface area contributed by atoms with E-state index in [1.54, 1.807) is 0 Å². The van der Waals surface area contributed by atoms with Gasteiger partial charge in [0.25, 0.3) is 5.91 Å². The van der Waals surface area contributed by atoms with Gasteiger partial charge in [0.15, 0.2) is 5.54 Å². The Hall–Kier alpha value is -2.17. The zero-order chi connectivity index (χ0) is 17.1. The fraction of sp³-hybridized carbons (Fsp3) is 0.526. The van der Waals surface area contributed by atoms with E-state index in [0.717, 1.165) is 29.8 Å². The number of carbonyl (C=O) groups excluding carboxylic acids is 2. The van der Waals surface area contributed by atoms with Crippen LogP contribution in [-0.2, 0) is 10.3 Å². The third-order valence-electron chi connectivity index (χ3n) is 5.96. The summed E-state index contributed by atoms with van der Waals surface area (Å²) < 4.78 is 0. The second kappa shape index (κ2) is 5.16. The molecule has 1 aromatic rings. The lowest BCUT2D eigenvalue weighted by Crippen LogP contribution is -2.64. The predicted octanol–water partition coefficient (Wildman–Crippen LogP) is 3.32. The van der Waals surface area contributed by atoms with E-state index in [1.165, 1.54) is 0 Å². The predicted molar refractivity (Wildman–Crippen MR) is 92.9 cm³/mol. The van der Waals surface area contributed by atoms with E-state index in [4.69, 9.17) is 0 Å². The molecule has 2 N–H and O–H groups in total. The third-order valence-corrected chi connectivity index (χ3v) is 5.96. The quantitative estimate of drug-likeness (QED) is 0.831. The summed E-state index contributed by atoms with van der Waals surface area (Å²) >= 11 is 0. The van der Waals surface area contributed by atoms with Crippen molar-refractivity contribution in [2.75, 3.05) is 5.32 Å². The van der Waals surface area contributed by atoms with Crippen molar-refractivity contribution in [2.45, 2.75) is 39.2 Å². The molecular formula is C19H23N3O2. The Labute approximate surface area is 141 Å². The van der Waals surface area contributed by atoms with Crippen LogP contribution in [0.3, 0.4) is 0 Å². The monoisotopic (exact) mass is 325 g/mol. The lowest BCUT2D eigenvalue weighted by atomic mass is 9.60. The molecule has 4 atom stereocenters. The molecule has 2 heterocycles. The Morgan fingerprint density at radius 2 is 1.96 bits per heavy atom. The molecule has 24 heavy (non-hydrogen) atoms. The molecule has 3 amide bonds. The number of urea groups is 1. The van der Waals surface area contributed by atoms with E-state index in [9.17, 15) is 9.59 Å². The van der Waals surface area contributed by atoms with E-state index in [2.05, 4.69) is 36.4 Å². The average Bonchev–Trinajstić information content (AvgIpc) is 2.79. The molecule has 1 saturated carbocycles. The average molecular weight is 325 g/mol. The molecule has 2 aliphatic heterocycles. The minimum atomic E-state index is -1.02. The summed E-state index contributed by atoms with van der Waals surface area (Å²) in [5, 5.41) is 5.92. The maximum atomic E-state index is 13.0. The highest BCUT2D eigenvalue weighted by Gasteiger charge is 2.60. The van der Waals surface area contributed by atoms with Gasteiger partial charge < -0.3 is 10.6 Å². The van der Waals surface area contributed by atoms with Crippen LogP contribution >= 0.6 is 0 Å². The lowest BCUT2D eigenvalue weighted by Gasteiger charge is -2.48. The molecule has 4 rings (SSSR count). The van der Waals surface area contributed by atoms with Crippen molar-refractivity contribution >= 4 is 23.3 Å². The number of hydrogen-bond acceptors (Lipinski definition) is 2. The number of nitrogens with one attached hydrogen (secondary N) is 2. The zero-order valence-electron chi connectivity index (χ0n) is 14.3. The summed E-state index contributed by atoms with van der Waals surface area (Å²) in [5.74, 6) is 0.734. The van der Waals surface area contributed by atoms with Crippen LogP contribution in [0.5, 0.6) is 0 Å². The summed E-state index contributed by atoms with van der Waals surface area (Å²) in [7, 11) is 0. The smallest absolute Gasteiger partial charge is 0.323 e. The Morgan fingerprint density at radius 1 is 1.21 bits per heavy atom. The first-order valence-electron chi connectivity index (χ1n) is 8.76. The van der Waals surface area contributed by atoms with Crippen LogP contribution in [0.4, 0.5) is 10.5 Å². The summed E-state index contributed by atoms with van der Waals surface area (Å²) in [6, 6.07) is 7.27. The fourth-order valence-corrected chi connectivity index (χ4v) is 4.86. The summed E-state index contributed by atoms with van der Waals surface area (Å²) in [6.45, 7) is 6.51. The van der Waals surface area contributed by atoms with Gasteiger partial charge in [-0.25, -0.2) is 9.79 Å². The van der Waals surface area contributed by atoms with Gasteiger partial charge in [-0.1, -0.05) is 39.0 Å². The van der Waals surface area contributed by atoms with Crippen LogP contribution in [-0.4, -0.2) is 17.6 Å². The van der Waals surface area contributed by atoms with Crippen LogP contribution < -0.4 is 10.6 Å². The molecule has 4 unspecified atom stereocenters. The molecule has 1 aliphatic carbocycles. The Bertz CT molecular complexity index is 755. The van der Waals surface area contributed by atoms with E-state index in [-0.39, 0.29) is 23.7 Å². The summed E-state index contributed by atoms with van der Waals surface area (Å²) in [5.41, 5.74) is 1.57. The van der Waals surface area contributed by atoms with Gasteiger partial charge in [0.2, 0.25) is 0 Å². The second-order valence-corrected chi connectivity index (χ2v) is 7.66. The number of benzene rings is 1. The van der Waals surface area contributed by atoms with Gasteiger partial charge in [0, 0.05) is 28.8 Å². The van der Waals surface area contributed by atoms with Gasteiger partial charge in [-0.3, -0.25) is 4.79 Å². The van der Waals surface area contributed by atoms with E-state index in [0.29, 0.717) is 5.92 Å².